The molecule has 0 radical (unpaired) electrons. The third-order valence-electron chi connectivity index (χ3n) is 31.3. The van der Waals surface area contributed by atoms with Gasteiger partial charge in [-0.25, -0.2) is 0 Å². The van der Waals surface area contributed by atoms with Gasteiger partial charge in [-0.1, -0.05) is 279 Å². The molecule has 0 fully saturated rings. The zero-order valence-electron chi connectivity index (χ0n) is 81.0. The molecule has 3 aliphatic carbocycles. The molecule has 3 aliphatic rings. The summed E-state index contributed by atoms with van der Waals surface area (Å²) in [7, 11) is 0. The summed E-state index contributed by atoms with van der Waals surface area (Å²) in [6.07, 6.45) is 33.8. The number of allylic oxidation sites excluding steroid dienone is 3. The molecular weight excluding hydrogens is 1830 g/mol. The molecule has 696 valence electrons. The lowest BCUT2D eigenvalue weighted by atomic mass is 9.90. The summed E-state index contributed by atoms with van der Waals surface area (Å²) in [4.78, 5) is 43.6. The second-order valence-electron chi connectivity index (χ2n) is 39.8. The quantitative estimate of drug-likeness (QED) is 0.130. The van der Waals surface area contributed by atoms with Crippen molar-refractivity contribution in [2.75, 3.05) is 0 Å². The third-order valence-corrected chi connectivity index (χ3v) is 31.3. The predicted molar refractivity (Wildman–Crippen MR) is 623 cm³/mol. The average molecular weight is 1910 g/mol. The summed E-state index contributed by atoms with van der Waals surface area (Å²) in [6.45, 7) is 0. The van der Waals surface area contributed by atoms with Crippen molar-refractivity contribution >= 4 is 214 Å². The minimum Gasteiger partial charge on any atom is -0.309 e. The van der Waals surface area contributed by atoms with Crippen molar-refractivity contribution in [2.24, 2.45) is 0 Å². The highest BCUT2D eigenvalue weighted by atomic mass is 15.0. The van der Waals surface area contributed by atoms with E-state index in [2.05, 4.69) is 428 Å². The van der Waals surface area contributed by atoms with Gasteiger partial charge in [0.2, 0.25) is 0 Å². The van der Waals surface area contributed by atoms with E-state index in [4.69, 9.17) is 24.9 Å². The molecule has 0 saturated carbocycles. The van der Waals surface area contributed by atoms with Gasteiger partial charge in [0, 0.05) is 170 Å². The van der Waals surface area contributed by atoms with Crippen LogP contribution in [0.15, 0.2) is 456 Å². The standard InChI is InChI=1S/C49H29N5.C49H31N3.C40H24N4/c1-2-14-42-40(12-1)45-41-13-4-8-29-7-3-9-32(44(29)41)26-43(45)54(42)39-24-35(37-21-33-17-15-30-10-5-19-50-46(30)48(33)52-27-37)23-36(25-39)38-22-34-18-16-31-11-6-20-51-47(31)49(34)53-28-38;1-2-9-31(10-3-1)37-26-38(28-39(27-37)40-25-36-19-18-34-14-8-24-50-48(34)49(36)51-30-40)32-20-22-41(23-21-32)52-44-17-5-4-15-42(44)47-43-16-7-12-33-11-6-13-35(46(33)43)29-45(47)52;1-2-15-34-32(12-1)37-33-14-4-8-24-7-3-9-26(36(24)33)21-35(37)44(34)30-20-27-10-5-13-31(38(27)43-23-30)29-19-28-17-16-25-11-6-18-41-39(25)40(28)42-22-29/h1-12,14-28H,13H2;1-15,17-30H,16H2;1-13,15-23H,14H2. The Bertz CT molecular complexity index is 11100. The molecular formula is C138H84N12. The Hall–Kier alpha value is -20.0. The van der Waals surface area contributed by atoms with E-state index in [0.29, 0.717) is 0 Å². The Balaban J connectivity index is 0.000000102. The van der Waals surface area contributed by atoms with Crippen molar-refractivity contribution in [3.05, 3.63) is 490 Å². The highest BCUT2D eigenvalue weighted by molar-refractivity contribution is 6.22. The van der Waals surface area contributed by atoms with E-state index in [-0.39, 0.29) is 0 Å². The van der Waals surface area contributed by atoms with Gasteiger partial charge in [0.25, 0.3) is 0 Å². The highest BCUT2D eigenvalue weighted by Gasteiger charge is 2.28. The maximum Gasteiger partial charge on any atom is 0.0964 e. The van der Waals surface area contributed by atoms with E-state index in [0.717, 1.165) is 179 Å². The maximum absolute atomic E-state index is 5.12. The number of nitrogens with zero attached hydrogens (tertiary/aromatic N) is 12. The van der Waals surface area contributed by atoms with Gasteiger partial charge in [-0.3, -0.25) is 44.9 Å². The topological polar surface area (TPSA) is 131 Å². The molecule has 0 atom stereocenters. The molecule has 33 rings (SSSR count). The van der Waals surface area contributed by atoms with E-state index in [1.807, 2.05) is 80.0 Å². The summed E-state index contributed by atoms with van der Waals surface area (Å²) >= 11 is 0. The van der Waals surface area contributed by atoms with E-state index >= 15 is 0 Å². The molecule has 0 spiro atoms. The number of aromatic nitrogens is 12. The van der Waals surface area contributed by atoms with Crippen LogP contribution in [0.3, 0.4) is 0 Å². The van der Waals surface area contributed by atoms with Crippen molar-refractivity contribution in [3.63, 3.8) is 0 Å². The zero-order valence-corrected chi connectivity index (χ0v) is 81.0. The molecule has 12 heteroatoms. The molecule has 0 saturated heterocycles. The molecule has 12 aromatic heterocycles. The minimum absolute atomic E-state index is 0.906. The fourth-order valence-electron chi connectivity index (χ4n) is 24.6. The first-order valence-corrected chi connectivity index (χ1v) is 51.2. The molecule has 0 N–H and O–H groups in total. The summed E-state index contributed by atoms with van der Waals surface area (Å²) in [5.41, 5.74) is 40.3. The van der Waals surface area contributed by atoms with E-state index in [1.165, 1.54) is 153 Å². The van der Waals surface area contributed by atoms with Gasteiger partial charge in [-0.05, 0) is 263 Å². The average Bonchev–Trinajstić information content (AvgIpc) is 1.56. The minimum atomic E-state index is 0.906. The first-order chi connectivity index (χ1) is 74.3. The van der Waals surface area contributed by atoms with E-state index in [1.54, 1.807) is 0 Å². The Morgan fingerprint density at radius 1 is 0.167 bits per heavy atom. The molecule has 0 unspecified atom stereocenters. The largest absolute Gasteiger partial charge is 0.309 e. The van der Waals surface area contributed by atoms with Crippen LogP contribution in [-0.2, 0) is 19.3 Å². The van der Waals surface area contributed by atoms with Crippen LogP contribution in [-0.4, -0.2) is 58.6 Å². The maximum atomic E-state index is 5.12. The molecule has 18 aromatic carbocycles. The fourth-order valence-corrected chi connectivity index (χ4v) is 24.6. The number of rotatable bonds is 9. The number of hydrogen-bond donors (Lipinski definition) is 0. The molecule has 0 amide bonds. The van der Waals surface area contributed by atoms with Crippen LogP contribution in [0.1, 0.15) is 33.4 Å². The van der Waals surface area contributed by atoms with E-state index in [9.17, 15) is 0 Å². The van der Waals surface area contributed by atoms with Crippen LogP contribution in [0.5, 0.6) is 0 Å². The second-order valence-corrected chi connectivity index (χ2v) is 39.8. The molecule has 0 aliphatic heterocycles. The Labute approximate surface area is 859 Å². The van der Waals surface area contributed by atoms with Crippen LogP contribution in [0, 0.1) is 0 Å². The Kier molecular flexibility index (Phi) is 19.1. The SMILES string of the molecule is C1=Cc2cccc3cc4c(c(c23)C1)c1ccccc1n4-c1cc(-c2cnc3c(ccc4cccnc43)c2)cc(-c2cnc3c(ccc4cccnc43)c2)c1.C1=Cc2cccc3cc4c(c(c23)C1)c1ccccc1n4-c1ccc(-c2cc(-c3ccccc3)cc(-c3cnc4c(ccc5cccnc54)c3)c2)cc1.C1=Cc2cccc3cc4c(c(c23)C1)c1ccccc1n4-c1cnc2c(-c3cnc4c(ccc5cccnc54)c3)cccc2c1. The molecule has 12 nitrogen and oxygen atoms in total. The summed E-state index contributed by atoms with van der Waals surface area (Å²) in [6, 6.07) is 138. The monoisotopic (exact) mass is 1910 g/mol. The normalized spacial score (nSPS) is 12.6. The second kappa shape index (κ2) is 33.8. The smallest absolute Gasteiger partial charge is 0.0964 e. The van der Waals surface area contributed by atoms with Crippen molar-refractivity contribution in [1.29, 1.82) is 0 Å². The summed E-state index contributed by atoms with van der Waals surface area (Å²) in [5, 5.41) is 25.6. The molecule has 150 heavy (non-hydrogen) atoms. The van der Waals surface area contributed by atoms with Crippen LogP contribution in [0.4, 0.5) is 0 Å². The zero-order chi connectivity index (χ0) is 98.3. The van der Waals surface area contributed by atoms with Gasteiger partial charge < -0.3 is 13.7 Å². The van der Waals surface area contributed by atoms with Gasteiger partial charge in [-0.2, -0.15) is 0 Å². The lowest BCUT2D eigenvalue weighted by Crippen LogP contribution is -1.98. The highest BCUT2D eigenvalue weighted by Crippen LogP contribution is 2.49. The molecule has 0 bridgehead atoms. The third kappa shape index (κ3) is 13.6. The molecule has 30 aromatic rings. The summed E-state index contributed by atoms with van der Waals surface area (Å²) < 4.78 is 7.29. The lowest BCUT2D eigenvalue weighted by Gasteiger charge is -2.17. The fraction of sp³-hybridized carbons (Fsp3) is 0.0217. The van der Waals surface area contributed by atoms with Crippen LogP contribution in [0.25, 0.3) is 298 Å². The Morgan fingerprint density at radius 3 is 0.900 bits per heavy atom. The van der Waals surface area contributed by atoms with Gasteiger partial charge in [0.05, 0.1) is 94.6 Å². The van der Waals surface area contributed by atoms with Crippen molar-refractivity contribution in [3.8, 4) is 83.8 Å². The predicted octanol–water partition coefficient (Wildman–Crippen LogP) is 34.5. The van der Waals surface area contributed by atoms with E-state index < -0.39 is 0 Å². The first kappa shape index (κ1) is 84.6. The van der Waals surface area contributed by atoms with Crippen LogP contribution in [0.2, 0.25) is 0 Å². The van der Waals surface area contributed by atoms with Crippen molar-refractivity contribution < 1.29 is 0 Å². The molecule has 12 heterocycles. The number of para-hydroxylation sites is 4. The van der Waals surface area contributed by atoms with Crippen LogP contribution >= 0.6 is 0 Å². The van der Waals surface area contributed by atoms with Gasteiger partial charge >= 0.3 is 0 Å². The number of hydrogen-bond acceptors (Lipinski definition) is 9. The number of fused-ring (bicyclic) bond motifs is 25. The van der Waals surface area contributed by atoms with Gasteiger partial charge in [0.1, 0.15) is 0 Å². The van der Waals surface area contributed by atoms with Gasteiger partial charge in [0.15, 0.2) is 0 Å². The van der Waals surface area contributed by atoms with Crippen molar-refractivity contribution in [1.82, 2.24) is 58.6 Å². The Morgan fingerprint density at radius 2 is 0.480 bits per heavy atom. The number of benzene rings is 18. The summed E-state index contributed by atoms with van der Waals surface area (Å²) in [5.74, 6) is 0. The first-order valence-electron chi connectivity index (χ1n) is 51.2. The van der Waals surface area contributed by atoms with Gasteiger partial charge in [-0.15, -0.1) is 0 Å². The number of pyridine rings is 9. The van der Waals surface area contributed by atoms with Crippen LogP contribution < -0.4 is 0 Å². The van der Waals surface area contributed by atoms with Crippen molar-refractivity contribution in [2.45, 2.75) is 19.3 Å². The lowest BCUT2D eigenvalue weighted by molar-refractivity contribution is 1.16.